The van der Waals surface area contributed by atoms with Crippen molar-refractivity contribution < 1.29 is 0 Å². The number of benzene rings is 1. The molecule has 3 atom stereocenters. The molecule has 0 radical (unpaired) electrons. The maximum atomic E-state index is 6.25. The fourth-order valence-corrected chi connectivity index (χ4v) is 2.68. The zero-order valence-electron chi connectivity index (χ0n) is 9.10. The van der Waals surface area contributed by atoms with Crippen LogP contribution in [0.15, 0.2) is 30.3 Å². The van der Waals surface area contributed by atoms with Gasteiger partial charge in [-0.1, -0.05) is 43.2 Å². The van der Waals surface area contributed by atoms with Crippen LogP contribution < -0.4 is 5.73 Å². The normalized spacial score (nSPS) is 31.3. The fourth-order valence-electron chi connectivity index (χ4n) is 2.68. The fraction of sp³-hybridized carbons (Fsp3) is 0.571. The van der Waals surface area contributed by atoms with Crippen LogP contribution in [-0.2, 0) is 0 Å². The van der Waals surface area contributed by atoms with Crippen molar-refractivity contribution in [3.8, 4) is 0 Å². The van der Waals surface area contributed by atoms with Gasteiger partial charge in [-0.3, -0.25) is 0 Å². The lowest BCUT2D eigenvalue weighted by atomic mass is 10.0. The van der Waals surface area contributed by atoms with E-state index in [0.29, 0.717) is 6.04 Å². The highest BCUT2D eigenvalue weighted by molar-refractivity contribution is 5.26. The van der Waals surface area contributed by atoms with Gasteiger partial charge in [-0.15, -0.1) is 0 Å². The highest BCUT2D eigenvalue weighted by Crippen LogP contribution is 2.51. The molecule has 0 amide bonds. The summed E-state index contributed by atoms with van der Waals surface area (Å²) < 4.78 is 0. The molecule has 2 saturated carbocycles. The molecule has 2 aliphatic carbocycles. The molecule has 2 fully saturated rings. The second-order valence-corrected chi connectivity index (χ2v) is 5.26. The predicted octanol–water partition coefficient (Wildman–Crippen LogP) is 2.92. The second kappa shape index (κ2) is 3.64. The Hall–Kier alpha value is -0.820. The van der Waals surface area contributed by atoms with E-state index in [1.54, 1.807) is 0 Å². The van der Waals surface area contributed by atoms with Gasteiger partial charge in [0, 0.05) is 6.04 Å². The smallest absolute Gasteiger partial charge is 0.00758 e. The summed E-state index contributed by atoms with van der Waals surface area (Å²) in [5, 5.41) is 0. The predicted molar refractivity (Wildman–Crippen MR) is 62.6 cm³/mol. The molecular weight excluding hydrogens is 182 g/mol. The van der Waals surface area contributed by atoms with Crippen molar-refractivity contribution >= 4 is 0 Å². The molecule has 2 N–H and O–H groups in total. The number of hydrogen-bond donors (Lipinski definition) is 1. The molecule has 1 heteroatoms. The van der Waals surface area contributed by atoms with Crippen LogP contribution in [0.4, 0.5) is 0 Å². The minimum atomic E-state index is 0.461. The van der Waals surface area contributed by atoms with E-state index in [-0.39, 0.29) is 0 Å². The maximum Gasteiger partial charge on any atom is 0.00758 e. The van der Waals surface area contributed by atoms with E-state index >= 15 is 0 Å². The van der Waals surface area contributed by atoms with Crippen LogP contribution in [0, 0.1) is 11.8 Å². The van der Waals surface area contributed by atoms with Crippen LogP contribution in [0.25, 0.3) is 0 Å². The molecule has 0 aliphatic heterocycles. The molecule has 0 bridgehead atoms. The Morgan fingerprint density at radius 2 is 1.93 bits per heavy atom. The molecule has 1 aromatic carbocycles. The van der Waals surface area contributed by atoms with Gasteiger partial charge in [0.2, 0.25) is 0 Å². The van der Waals surface area contributed by atoms with Crippen molar-refractivity contribution in [2.45, 2.75) is 37.6 Å². The summed E-state index contributed by atoms with van der Waals surface area (Å²) >= 11 is 0. The largest absolute Gasteiger partial charge is 0.327 e. The van der Waals surface area contributed by atoms with Crippen LogP contribution in [0.3, 0.4) is 0 Å². The molecule has 1 aromatic rings. The van der Waals surface area contributed by atoms with Crippen molar-refractivity contribution in [1.82, 2.24) is 0 Å². The molecule has 3 rings (SSSR count). The maximum absolute atomic E-state index is 6.25. The Balaban J connectivity index is 1.58. The van der Waals surface area contributed by atoms with Gasteiger partial charge in [-0.25, -0.2) is 0 Å². The Morgan fingerprint density at radius 3 is 2.60 bits per heavy atom. The van der Waals surface area contributed by atoms with Crippen molar-refractivity contribution in [2.24, 2.45) is 17.6 Å². The average molecular weight is 201 g/mol. The van der Waals surface area contributed by atoms with E-state index in [0.717, 1.165) is 17.8 Å². The van der Waals surface area contributed by atoms with Crippen LogP contribution in [0.2, 0.25) is 0 Å². The summed E-state index contributed by atoms with van der Waals surface area (Å²) in [6.07, 6.45) is 5.44. The second-order valence-electron chi connectivity index (χ2n) is 5.26. The first-order valence-electron chi connectivity index (χ1n) is 6.15. The van der Waals surface area contributed by atoms with E-state index in [1.807, 2.05) is 0 Å². The zero-order valence-corrected chi connectivity index (χ0v) is 9.10. The molecule has 0 heterocycles. The van der Waals surface area contributed by atoms with Gasteiger partial charge in [0.15, 0.2) is 0 Å². The Bertz CT molecular complexity index is 328. The number of nitrogens with two attached hydrogens (primary N) is 1. The van der Waals surface area contributed by atoms with Gasteiger partial charge in [0.25, 0.3) is 0 Å². The molecule has 15 heavy (non-hydrogen) atoms. The van der Waals surface area contributed by atoms with E-state index < -0.39 is 0 Å². The minimum Gasteiger partial charge on any atom is -0.327 e. The van der Waals surface area contributed by atoms with Crippen LogP contribution in [0.5, 0.6) is 0 Å². The minimum absolute atomic E-state index is 0.461. The van der Waals surface area contributed by atoms with E-state index in [1.165, 1.54) is 31.2 Å². The molecule has 0 aromatic heterocycles. The van der Waals surface area contributed by atoms with Crippen LogP contribution >= 0.6 is 0 Å². The van der Waals surface area contributed by atoms with Crippen molar-refractivity contribution in [3.63, 3.8) is 0 Å². The van der Waals surface area contributed by atoms with Crippen molar-refractivity contribution in [2.75, 3.05) is 0 Å². The summed E-state index contributed by atoms with van der Waals surface area (Å²) in [5.74, 6) is 2.50. The highest BCUT2D eigenvalue weighted by Gasteiger charge is 2.43. The van der Waals surface area contributed by atoms with Gasteiger partial charge in [0.05, 0.1) is 0 Å². The monoisotopic (exact) mass is 201 g/mol. The van der Waals surface area contributed by atoms with Crippen LogP contribution in [-0.4, -0.2) is 6.04 Å². The molecule has 2 aliphatic rings. The lowest BCUT2D eigenvalue weighted by Crippen LogP contribution is -2.23. The summed E-state index contributed by atoms with van der Waals surface area (Å²) in [4.78, 5) is 0. The Kier molecular flexibility index (Phi) is 2.28. The number of hydrogen-bond acceptors (Lipinski definition) is 1. The van der Waals surface area contributed by atoms with E-state index in [2.05, 4.69) is 30.3 Å². The SMILES string of the molecule is NC(CC1CC1)C1CC1c1ccccc1. The van der Waals surface area contributed by atoms with Crippen molar-refractivity contribution in [3.05, 3.63) is 35.9 Å². The first-order valence-corrected chi connectivity index (χ1v) is 6.15. The molecule has 0 saturated heterocycles. The molecule has 0 spiro atoms. The first kappa shape index (κ1) is 9.41. The van der Waals surface area contributed by atoms with Gasteiger partial charge < -0.3 is 5.73 Å². The third-order valence-electron chi connectivity index (χ3n) is 3.92. The number of rotatable bonds is 4. The third kappa shape index (κ3) is 2.07. The van der Waals surface area contributed by atoms with E-state index in [4.69, 9.17) is 5.73 Å². The van der Waals surface area contributed by atoms with E-state index in [9.17, 15) is 0 Å². The lowest BCUT2D eigenvalue weighted by molar-refractivity contribution is 0.507. The Morgan fingerprint density at radius 1 is 1.20 bits per heavy atom. The summed E-state index contributed by atoms with van der Waals surface area (Å²) in [7, 11) is 0. The molecule has 3 unspecified atom stereocenters. The van der Waals surface area contributed by atoms with Gasteiger partial charge in [-0.2, -0.15) is 0 Å². The van der Waals surface area contributed by atoms with Crippen LogP contribution in [0.1, 0.15) is 37.2 Å². The molecule has 80 valence electrons. The summed E-state index contributed by atoms with van der Waals surface area (Å²) in [6, 6.07) is 11.3. The quantitative estimate of drug-likeness (QED) is 0.796. The van der Waals surface area contributed by atoms with Gasteiger partial charge in [0.1, 0.15) is 0 Å². The standard InChI is InChI=1S/C14H19N/c15-14(8-10-6-7-10)13-9-12(13)11-4-2-1-3-5-11/h1-5,10,12-14H,6-9,15H2. The van der Waals surface area contributed by atoms with Gasteiger partial charge in [-0.05, 0) is 36.2 Å². The van der Waals surface area contributed by atoms with Gasteiger partial charge >= 0.3 is 0 Å². The molecular formula is C14H19N. The lowest BCUT2D eigenvalue weighted by Gasteiger charge is -2.10. The first-order chi connectivity index (χ1) is 7.34. The topological polar surface area (TPSA) is 26.0 Å². The highest BCUT2D eigenvalue weighted by atomic mass is 14.7. The van der Waals surface area contributed by atoms with Crippen molar-refractivity contribution in [1.29, 1.82) is 0 Å². The molecule has 1 nitrogen and oxygen atoms in total. The summed E-state index contributed by atoms with van der Waals surface area (Å²) in [6.45, 7) is 0. The third-order valence-corrected chi connectivity index (χ3v) is 3.92. The summed E-state index contributed by atoms with van der Waals surface area (Å²) in [5.41, 5.74) is 7.74. The zero-order chi connectivity index (χ0) is 10.3. The Labute approximate surface area is 91.7 Å². The average Bonchev–Trinajstić information content (AvgIpc) is 3.13.